The van der Waals surface area contributed by atoms with Crippen molar-refractivity contribution in [2.45, 2.75) is 51.5 Å². The fourth-order valence-corrected chi connectivity index (χ4v) is 4.23. The van der Waals surface area contributed by atoms with Crippen molar-refractivity contribution in [3.63, 3.8) is 0 Å². The lowest BCUT2D eigenvalue weighted by atomic mass is 9.96. The van der Waals surface area contributed by atoms with Crippen LogP contribution in [0, 0.1) is 12.8 Å². The number of hydrogen-bond acceptors (Lipinski definition) is 3. The molecule has 2 heterocycles. The molecule has 1 saturated carbocycles. The number of nitrogens with zero attached hydrogens (tertiary/aromatic N) is 2. The van der Waals surface area contributed by atoms with Crippen molar-refractivity contribution in [1.29, 1.82) is 0 Å². The summed E-state index contributed by atoms with van der Waals surface area (Å²) >= 11 is 3.69. The summed E-state index contributed by atoms with van der Waals surface area (Å²) in [5, 5.41) is 0. The Labute approximate surface area is 123 Å². The fraction of sp³-hybridized carbons (Fsp3) is 0.667. The van der Waals surface area contributed by atoms with E-state index in [4.69, 9.17) is 5.73 Å². The number of aromatic nitrogens is 1. The number of nitrogen functional groups attached to an aromatic ring is 1. The van der Waals surface area contributed by atoms with E-state index in [0.29, 0.717) is 6.04 Å². The Hall–Kier alpha value is -0.770. The van der Waals surface area contributed by atoms with E-state index in [1.165, 1.54) is 38.5 Å². The Bertz CT molecular complexity index is 469. The molecular formula is C15H22BrN3. The standard InChI is InChI=1S/C15H22BrN3/c1-10-12(17)9-18-15(14(10)16)19-8-4-7-13(19)11-5-2-3-6-11/h9,11,13H,2-8,17H2,1H3. The summed E-state index contributed by atoms with van der Waals surface area (Å²) < 4.78 is 1.08. The predicted octanol–water partition coefficient (Wildman–Crippen LogP) is 3.89. The second kappa shape index (κ2) is 5.31. The highest BCUT2D eigenvalue weighted by Crippen LogP contribution is 2.40. The maximum absolute atomic E-state index is 5.93. The minimum atomic E-state index is 0.689. The number of hydrogen-bond donors (Lipinski definition) is 1. The van der Waals surface area contributed by atoms with E-state index in [2.05, 4.69) is 32.7 Å². The van der Waals surface area contributed by atoms with E-state index in [-0.39, 0.29) is 0 Å². The van der Waals surface area contributed by atoms with Gasteiger partial charge in [-0.25, -0.2) is 4.98 Å². The van der Waals surface area contributed by atoms with Gasteiger partial charge < -0.3 is 10.6 Å². The van der Waals surface area contributed by atoms with Gasteiger partial charge in [0.2, 0.25) is 0 Å². The molecule has 2 N–H and O–H groups in total. The van der Waals surface area contributed by atoms with E-state index in [0.717, 1.165) is 34.0 Å². The first kappa shape index (κ1) is 13.2. The Kier molecular flexibility index (Phi) is 3.70. The number of rotatable bonds is 2. The summed E-state index contributed by atoms with van der Waals surface area (Å²) in [4.78, 5) is 7.12. The Balaban J connectivity index is 1.90. The second-order valence-electron chi connectivity index (χ2n) is 5.92. The van der Waals surface area contributed by atoms with Gasteiger partial charge in [0.05, 0.1) is 16.4 Å². The molecule has 3 nitrogen and oxygen atoms in total. The van der Waals surface area contributed by atoms with Crippen molar-refractivity contribution in [3.8, 4) is 0 Å². The molecule has 0 radical (unpaired) electrons. The van der Waals surface area contributed by atoms with Crippen molar-refractivity contribution in [2.75, 3.05) is 17.2 Å². The van der Waals surface area contributed by atoms with Crippen LogP contribution in [0.4, 0.5) is 11.5 Å². The number of pyridine rings is 1. The second-order valence-corrected chi connectivity index (χ2v) is 6.72. The molecule has 3 rings (SSSR count). The molecule has 1 saturated heterocycles. The summed E-state index contributed by atoms with van der Waals surface area (Å²) in [7, 11) is 0. The van der Waals surface area contributed by atoms with Crippen LogP contribution in [0.25, 0.3) is 0 Å². The highest BCUT2D eigenvalue weighted by atomic mass is 79.9. The molecule has 2 aliphatic rings. The lowest BCUT2D eigenvalue weighted by Gasteiger charge is -2.31. The smallest absolute Gasteiger partial charge is 0.143 e. The summed E-state index contributed by atoms with van der Waals surface area (Å²) in [5.74, 6) is 1.97. The lowest BCUT2D eigenvalue weighted by Crippen LogP contribution is -2.35. The molecule has 1 aliphatic heterocycles. The van der Waals surface area contributed by atoms with Gasteiger partial charge >= 0.3 is 0 Å². The molecule has 1 atom stereocenters. The Morgan fingerprint density at radius 1 is 1.26 bits per heavy atom. The monoisotopic (exact) mass is 323 g/mol. The lowest BCUT2D eigenvalue weighted by molar-refractivity contribution is 0.429. The number of halogens is 1. The molecule has 1 aliphatic carbocycles. The molecule has 19 heavy (non-hydrogen) atoms. The first-order chi connectivity index (χ1) is 9.18. The third kappa shape index (κ3) is 2.35. The van der Waals surface area contributed by atoms with E-state index in [9.17, 15) is 0 Å². The van der Waals surface area contributed by atoms with Crippen LogP contribution in [0.2, 0.25) is 0 Å². The van der Waals surface area contributed by atoms with Gasteiger partial charge in [-0.05, 0) is 60.0 Å². The van der Waals surface area contributed by atoms with Gasteiger partial charge in [0.1, 0.15) is 5.82 Å². The summed E-state index contributed by atoms with van der Waals surface area (Å²) in [6.07, 6.45) is 10.0. The SMILES string of the molecule is Cc1c(N)cnc(N2CCCC2C2CCCC2)c1Br. The third-order valence-corrected chi connectivity index (χ3v) is 5.75. The van der Waals surface area contributed by atoms with Gasteiger partial charge in [-0.3, -0.25) is 0 Å². The van der Waals surface area contributed by atoms with Gasteiger partial charge in [-0.2, -0.15) is 0 Å². The van der Waals surface area contributed by atoms with Crippen LogP contribution in [0.1, 0.15) is 44.1 Å². The van der Waals surface area contributed by atoms with Crippen molar-refractivity contribution >= 4 is 27.4 Å². The van der Waals surface area contributed by atoms with E-state index < -0.39 is 0 Å². The van der Waals surface area contributed by atoms with E-state index in [1.54, 1.807) is 6.20 Å². The molecule has 2 fully saturated rings. The van der Waals surface area contributed by atoms with Crippen LogP contribution >= 0.6 is 15.9 Å². The van der Waals surface area contributed by atoms with Crippen LogP contribution in [0.3, 0.4) is 0 Å². The maximum Gasteiger partial charge on any atom is 0.143 e. The molecule has 4 heteroatoms. The average molecular weight is 324 g/mol. The minimum Gasteiger partial charge on any atom is -0.397 e. The number of nitrogens with two attached hydrogens (primary N) is 1. The topological polar surface area (TPSA) is 42.1 Å². The van der Waals surface area contributed by atoms with Crippen molar-refractivity contribution in [3.05, 3.63) is 16.2 Å². The largest absolute Gasteiger partial charge is 0.397 e. The summed E-state index contributed by atoms with van der Waals surface area (Å²) in [5.41, 5.74) is 7.82. The van der Waals surface area contributed by atoms with Crippen molar-refractivity contribution < 1.29 is 0 Å². The van der Waals surface area contributed by atoms with Crippen LogP contribution in [0.5, 0.6) is 0 Å². The summed E-state index contributed by atoms with van der Waals surface area (Å²) in [6, 6.07) is 0.689. The van der Waals surface area contributed by atoms with Crippen LogP contribution in [-0.4, -0.2) is 17.6 Å². The molecule has 0 amide bonds. The van der Waals surface area contributed by atoms with Crippen LogP contribution in [-0.2, 0) is 0 Å². The van der Waals surface area contributed by atoms with Crippen molar-refractivity contribution in [2.24, 2.45) is 5.92 Å². The van der Waals surface area contributed by atoms with Crippen LogP contribution in [0.15, 0.2) is 10.7 Å². The van der Waals surface area contributed by atoms with Gasteiger partial charge in [0.15, 0.2) is 0 Å². The quantitative estimate of drug-likeness (QED) is 0.897. The van der Waals surface area contributed by atoms with Gasteiger partial charge in [-0.1, -0.05) is 12.8 Å². The molecule has 0 spiro atoms. The maximum atomic E-state index is 5.93. The molecule has 1 aromatic rings. The normalized spacial score (nSPS) is 24.3. The Morgan fingerprint density at radius 3 is 2.74 bits per heavy atom. The number of anilines is 2. The van der Waals surface area contributed by atoms with Crippen LogP contribution < -0.4 is 10.6 Å². The Morgan fingerprint density at radius 2 is 2.00 bits per heavy atom. The van der Waals surface area contributed by atoms with E-state index >= 15 is 0 Å². The average Bonchev–Trinajstić information content (AvgIpc) is 3.05. The van der Waals surface area contributed by atoms with Gasteiger partial charge in [-0.15, -0.1) is 0 Å². The zero-order valence-electron chi connectivity index (χ0n) is 11.5. The molecule has 104 valence electrons. The third-order valence-electron chi connectivity index (χ3n) is 4.80. The predicted molar refractivity (Wildman–Crippen MR) is 83.4 cm³/mol. The molecule has 0 aromatic carbocycles. The zero-order valence-corrected chi connectivity index (χ0v) is 13.1. The molecular weight excluding hydrogens is 302 g/mol. The fourth-order valence-electron chi connectivity index (χ4n) is 3.67. The summed E-state index contributed by atoms with van der Waals surface area (Å²) in [6.45, 7) is 3.20. The highest BCUT2D eigenvalue weighted by Gasteiger charge is 2.34. The molecule has 0 bridgehead atoms. The molecule has 1 unspecified atom stereocenters. The van der Waals surface area contributed by atoms with Crippen molar-refractivity contribution in [1.82, 2.24) is 4.98 Å². The first-order valence-corrected chi connectivity index (χ1v) is 8.15. The van der Waals surface area contributed by atoms with Gasteiger partial charge in [0, 0.05) is 12.6 Å². The zero-order chi connectivity index (χ0) is 13.4. The molecule has 1 aromatic heterocycles. The highest BCUT2D eigenvalue weighted by molar-refractivity contribution is 9.10. The minimum absolute atomic E-state index is 0.689. The van der Waals surface area contributed by atoms with E-state index in [1.807, 2.05) is 0 Å². The first-order valence-electron chi connectivity index (χ1n) is 7.35. The van der Waals surface area contributed by atoms with Gasteiger partial charge in [0.25, 0.3) is 0 Å².